The van der Waals surface area contributed by atoms with Crippen LogP contribution in [0.2, 0.25) is 0 Å². The fourth-order valence-electron chi connectivity index (χ4n) is 2.56. The zero-order chi connectivity index (χ0) is 13.5. The van der Waals surface area contributed by atoms with E-state index in [4.69, 9.17) is 4.74 Å². The zero-order valence-electron chi connectivity index (χ0n) is 12.3. The molecule has 0 aromatic heterocycles. The van der Waals surface area contributed by atoms with E-state index in [1.54, 1.807) is 0 Å². The second kappa shape index (κ2) is 7.66. The van der Waals surface area contributed by atoms with Gasteiger partial charge >= 0.3 is 0 Å². The minimum atomic E-state index is 0.496. The highest BCUT2D eigenvalue weighted by Crippen LogP contribution is 2.15. The van der Waals surface area contributed by atoms with Crippen LogP contribution in [0.4, 0.5) is 0 Å². The van der Waals surface area contributed by atoms with Crippen LogP contribution in [0.5, 0.6) is 0 Å². The number of benzene rings is 1. The van der Waals surface area contributed by atoms with Gasteiger partial charge in [-0.1, -0.05) is 44.2 Å². The van der Waals surface area contributed by atoms with Crippen molar-refractivity contribution in [2.24, 2.45) is 5.92 Å². The second-order valence-corrected chi connectivity index (χ2v) is 6.00. The van der Waals surface area contributed by atoms with E-state index in [-0.39, 0.29) is 0 Å². The van der Waals surface area contributed by atoms with Crippen molar-refractivity contribution in [1.82, 2.24) is 4.90 Å². The number of hydrogen-bond donors (Lipinski definition) is 0. The standard InChI is InChI=1S/C17H27NO/c1-15(2)14-19-17-9-12-18(13-10-17)11-8-16-6-4-3-5-7-16/h3-7,15,17H,8-14H2,1-2H3. The van der Waals surface area contributed by atoms with Gasteiger partial charge in [0, 0.05) is 26.2 Å². The summed E-state index contributed by atoms with van der Waals surface area (Å²) in [4.78, 5) is 2.57. The number of likely N-dealkylation sites (tertiary alicyclic amines) is 1. The van der Waals surface area contributed by atoms with Gasteiger partial charge in [-0.25, -0.2) is 0 Å². The molecule has 0 amide bonds. The van der Waals surface area contributed by atoms with Gasteiger partial charge < -0.3 is 9.64 Å². The molecule has 1 aromatic rings. The smallest absolute Gasteiger partial charge is 0.0599 e. The summed E-state index contributed by atoms with van der Waals surface area (Å²) < 4.78 is 5.93. The average molecular weight is 261 g/mol. The van der Waals surface area contributed by atoms with E-state index in [0.717, 1.165) is 6.61 Å². The van der Waals surface area contributed by atoms with Gasteiger partial charge in [-0.05, 0) is 30.7 Å². The molecule has 2 nitrogen and oxygen atoms in total. The Labute approximate surface area is 117 Å². The summed E-state index contributed by atoms with van der Waals surface area (Å²) in [6.45, 7) is 8.91. The van der Waals surface area contributed by atoms with Gasteiger partial charge in [0.2, 0.25) is 0 Å². The molecule has 0 saturated carbocycles. The minimum Gasteiger partial charge on any atom is -0.378 e. The highest BCUT2D eigenvalue weighted by molar-refractivity contribution is 5.14. The van der Waals surface area contributed by atoms with Crippen LogP contribution < -0.4 is 0 Å². The number of ether oxygens (including phenoxy) is 1. The lowest BCUT2D eigenvalue weighted by Gasteiger charge is -2.32. The summed E-state index contributed by atoms with van der Waals surface area (Å²) in [5.41, 5.74) is 1.45. The first-order valence-corrected chi connectivity index (χ1v) is 7.62. The third-order valence-electron chi connectivity index (χ3n) is 3.76. The molecule has 1 aliphatic rings. The molecule has 0 N–H and O–H groups in total. The second-order valence-electron chi connectivity index (χ2n) is 6.00. The first-order valence-electron chi connectivity index (χ1n) is 7.62. The van der Waals surface area contributed by atoms with E-state index < -0.39 is 0 Å². The van der Waals surface area contributed by atoms with E-state index in [1.807, 2.05) is 0 Å². The number of nitrogens with zero attached hydrogens (tertiary/aromatic N) is 1. The maximum atomic E-state index is 5.93. The van der Waals surface area contributed by atoms with Crippen molar-refractivity contribution in [2.45, 2.75) is 39.2 Å². The van der Waals surface area contributed by atoms with E-state index in [1.165, 1.54) is 44.5 Å². The molecule has 0 bridgehead atoms. The van der Waals surface area contributed by atoms with E-state index in [9.17, 15) is 0 Å². The SMILES string of the molecule is CC(C)COC1CCN(CCc2ccccc2)CC1. The zero-order valence-corrected chi connectivity index (χ0v) is 12.3. The van der Waals surface area contributed by atoms with Crippen LogP contribution in [0, 0.1) is 5.92 Å². The van der Waals surface area contributed by atoms with Crippen molar-refractivity contribution in [3.05, 3.63) is 35.9 Å². The summed E-state index contributed by atoms with van der Waals surface area (Å²) in [6.07, 6.45) is 4.05. The molecule has 1 aromatic carbocycles. The predicted molar refractivity (Wildman–Crippen MR) is 80.4 cm³/mol. The molecule has 1 fully saturated rings. The van der Waals surface area contributed by atoms with Gasteiger partial charge in [-0.2, -0.15) is 0 Å². The Balaban J connectivity index is 1.63. The molecule has 2 heteroatoms. The summed E-state index contributed by atoms with van der Waals surface area (Å²) in [5.74, 6) is 0.649. The fraction of sp³-hybridized carbons (Fsp3) is 0.647. The van der Waals surface area contributed by atoms with Gasteiger partial charge in [0.25, 0.3) is 0 Å². The molecule has 1 saturated heterocycles. The normalized spacial score (nSPS) is 18.1. The Morgan fingerprint density at radius 1 is 1.16 bits per heavy atom. The molecule has 0 unspecified atom stereocenters. The Kier molecular flexibility index (Phi) is 5.87. The monoisotopic (exact) mass is 261 g/mol. The van der Waals surface area contributed by atoms with Crippen LogP contribution in [-0.2, 0) is 11.2 Å². The number of piperidine rings is 1. The highest BCUT2D eigenvalue weighted by atomic mass is 16.5. The van der Waals surface area contributed by atoms with Gasteiger partial charge in [0.15, 0.2) is 0 Å². The molecule has 106 valence electrons. The lowest BCUT2D eigenvalue weighted by Crippen LogP contribution is -2.38. The molecule has 2 rings (SSSR count). The molecule has 0 radical (unpaired) electrons. The molecule has 0 atom stereocenters. The van der Waals surface area contributed by atoms with Crippen molar-refractivity contribution in [1.29, 1.82) is 0 Å². The summed E-state index contributed by atoms with van der Waals surface area (Å²) >= 11 is 0. The largest absolute Gasteiger partial charge is 0.378 e. The summed E-state index contributed by atoms with van der Waals surface area (Å²) in [6, 6.07) is 10.8. The number of rotatable bonds is 6. The maximum absolute atomic E-state index is 5.93. The summed E-state index contributed by atoms with van der Waals surface area (Å²) in [5, 5.41) is 0. The average Bonchev–Trinajstić information content (AvgIpc) is 2.45. The van der Waals surface area contributed by atoms with Crippen molar-refractivity contribution < 1.29 is 4.74 Å². The molecule has 0 aliphatic carbocycles. The van der Waals surface area contributed by atoms with E-state index in [2.05, 4.69) is 49.1 Å². The Morgan fingerprint density at radius 3 is 2.47 bits per heavy atom. The molecule has 1 aliphatic heterocycles. The van der Waals surface area contributed by atoms with Crippen LogP contribution in [-0.4, -0.2) is 37.2 Å². The molecular formula is C17H27NO. The lowest BCUT2D eigenvalue weighted by molar-refractivity contribution is -0.00418. The van der Waals surface area contributed by atoms with Gasteiger partial charge in [0.1, 0.15) is 0 Å². The van der Waals surface area contributed by atoms with Gasteiger partial charge in [-0.15, -0.1) is 0 Å². The van der Waals surface area contributed by atoms with Crippen LogP contribution in [0.25, 0.3) is 0 Å². The third-order valence-corrected chi connectivity index (χ3v) is 3.76. The van der Waals surface area contributed by atoms with E-state index in [0.29, 0.717) is 12.0 Å². The van der Waals surface area contributed by atoms with Crippen molar-refractivity contribution in [3.63, 3.8) is 0 Å². The summed E-state index contributed by atoms with van der Waals surface area (Å²) in [7, 11) is 0. The van der Waals surface area contributed by atoms with Crippen LogP contribution in [0.3, 0.4) is 0 Å². The van der Waals surface area contributed by atoms with Crippen LogP contribution in [0.15, 0.2) is 30.3 Å². The Bertz CT molecular complexity index is 342. The fourth-order valence-corrected chi connectivity index (χ4v) is 2.56. The lowest BCUT2D eigenvalue weighted by atomic mass is 10.1. The predicted octanol–water partition coefficient (Wildman–Crippen LogP) is 3.37. The molecule has 0 spiro atoms. The van der Waals surface area contributed by atoms with Crippen molar-refractivity contribution in [3.8, 4) is 0 Å². The molecular weight excluding hydrogens is 234 g/mol. The maximum Gasteiger partial charge on any atom is 0.0599 e. The van der Waals surface area contributed by atoms with Crippen molar-refractivity contribution in [2.75, 3.05) is 26.2 Å². The molecule has 1 heterocycles. The Hall–Kier alpha value is -0.860. The van der Waals surface area contributed by atoms with Crippen molar-refractivity contribution >= 4 is 0 Å². The first-order chi connectivity index (χ1) is 9.24. The number of hydrogen-bond acceptors (Lipinski definition) is 2. The van der Waals surface area contributed by atoms with Crippen LogP contribution >= 0.6 is 0 Å². The topological polar surface area (TPSA) is 12.5 Å². The highest BCUT2D eigenvalue weighted by Gasteiger charge is 2.19. The third kappa shape index (κ3) is 5.33. The van der Waals surface area contributed by atoms with E-state index >= 15 is 0 Å². The Morgan fingerprint density at radius 2 is 1.84 bits per heavy atom. The van der Waals surface area contributed by atoms with Crippen LogP contribution in [0.1, 0.15) is 32.3 Å². The minimum absolute atomic E-state index is 0.496. The first kappa shape index (κ1) is 14.5. The quantitative estimate of drug-likeness (QED) is 0.778. The van der Waals surface area contributed by atoms with Gasteiger partial charge in [-0.3, -0.25) is 0 Å². The van der Waals surface area contributed by atoms with Gasteiger partial charge in [0.05, 0.1) is 6.10 Å². The molecule has 19 heavy (non-hydrogen) atoms.